The molecule has 1 spiro atoms. The van der Waals surface area contributed by atoms with Crippen molar-refractivity contribution in [2.75, 3.05) is 6.54 Å². The molecular weight excluding hydrogens is 720 g/mol. The number of pyridine rings is 1. The maximum Gasteiger partial charge on any atom is 0.251 e. The maximum absolute atomic E-state index is 13.9. The van der Waals surface area contributed by atoms with Crippen LogP contribution in [0.15, 0.2) is 106 Å². The van der Waals surface area contributed by atoms with Crippen LogP contribution in [0.3, 0.4) is 0 Å². The molecule has 9 heteroatoms. The third-order valence-corrected chi connectivity index (χ3v) is 10.7. The fourth-order valence-electron chi connectivity index (χ4n) is 6.84. The predicted molar refractivity (Wildman–Crippen MR) is 192 cm³/mol. The molecule has 3 atom stereocenters. The quantitative estimate of drug-likeness (QED) is 0.130. The van der Waals surface area contributed by atoms with E-state index in [1.54, 1.807) is 6.20 Å². The number of halogens is 2. The second kappa shape index (κ2) is 13.9. The minimum absolute atomic E-state index is 0.0196. The molecule has 2 aliphatic rings. The highest BCUT2D eigenvalue weighted by molar-refractivity contribution is 9.11. The smallest absolute Gasteiger partial charge is 0.251 e. The number of aryl methyl sites for hydroxylation is 2. The molecule has 1 saturated carbocycles. The van der Waals surface area contributed by atoms with Gasteiger partial charge >= 0.3 is 0 Å². The molecule has 7 nitrogen and oxygen atoms in total. The number of carbonyl (C=O) groups is 1. The van der Waals surface area contributed by atoms with E-state index in [1.165, 1.54) is 5.56 Å². The Labute approximate surface area is 292 Å². The van der Waals surface area contributed by atoms with Gasteiger partial charge in [0.25, 0.3) is 5.91 Å². The molecule has 3 heterocycles. The number of rotatable bonds is 11. The minimum atomic E-state index is -0.843. The van der Waals surface area contributed by atoms with Crippen LogP contribution in [0.5, 0.6) is 5.88 Å². The number of aliphatic hydroxyl groups is 1. The van der Waals surface area contributed by atoms with Crippen LogP contribution >= 0.6 is 31.9 Å². The van der Waals surface area contributed by atoms with E-state index in [-0.39, 0.29) is 17.6 Å². The number of benzene rings is 3. The van der Waals surface area contributed by atoms with Gasteiger partial charge in [0, 0.05) is 68.9 Å². The van der Waals surface area contributed by atoms with Crippen molar-refractivity contribution in [3.63, 3.8) is 0 Å². The zero-order valence-electron chi connectivity index (χ0n) is 26.0. The number of nitrogens with one attached hydrogen (secondary N) is 2. The first-order valence-corrected chi connectivity index (χ1v) is 17.9. The van der Waals surface area contributed by atoms with E-state index < -0.39 is 12.1 Å². The first-order chi connectivity index (χ1) is 22.9. The van der Waals surface area contributed by atoms with Crippen molar-refractivity contribution in [2.45, 2.75) is 68.9 Å². The van der Waals surface area contributed by atoms with Crippen LogP contribution in [0.25, 0.3) is 10.9 Å². The zero-order valence-corrected chi connectivity index (χ0v) is 29.2. The number of ether oxygens (including phenoxy) is 1. The minimum Gasteiger partial charge on any atom is -0.471 e. The molecule has 0 unspecified atom stereocenters. The molecule has 1 fully saturated rings. The van der Waals surface area contributed by atoms with Gasteiger partial charge in [0.05, 0.1) is 12.1 Å². The van der Waals surface area contributed by atoms with Crippen LogP contribution in [0.1, 0.15) is 58.8 Å². The highest BCUT2D eigenvalue weighted by atomic mass is 79.9. The standard InChI is InChI=1S/C38H38Br2N4O3/c39-28-21-30-33(22-38(14-7-15-38)47-37(30)42-23-28)41-24-35(45)32(18-26-10-5-2-6-11-26)43-36(46)27-19-31(40)29-13-17-44(34(29)20-27)16-12-25-8-3-1-4-9-25/h1-6,8-11,13,17,19-21,23,32-33,35,41,45H,7,12,14-16,18,22,24H2,(H,43,46)/t32-,33-,35-/m0/s1. The third kappa shape index (κ3) is 7.18. The van der Waals surface area contributed by atoms with Crippen molar-refractivity contribution >= 4 is 48.7 Å². The normalized spacial score (nSPS) is 17.8. The highest BCUT2D eigenvalue weighted by Crippen LogP contribution is 2.48. The fraction of sp³-hybridized carbons (Fsp3) is 0.316. The predicted octanol–water partition coefficient (Wildman–Crippen LogP) is 7.54. The molecule has 0 radical (unpaired) electrons. The lowest BCUT2D eigenvalue weighted by molar-refractivity contribution is -0.0420. The van der Waals surface area contributed by atoms with Crippen LogP contribution in [-0.4, -0.2) is 44.9 Å². The van der Waals surface area contributed by atoms with E-state index in [0.29, 0.717) is 24.4 Å². The SMILES string of the molecule is O=C(N[C@@H](Cc1ccccc1)[C@@H](O)CN[C@H]1CC2(CCC2)Oc2ncc(Br)cc21)c1cc(Br)c2ccn(CCc3ccccc3)c2c1. The molecule has 242 valence electrons. The summed E-state index contributed by atoms with van der Waals surface area (Å²) in [6, 6.07) is 27.8. The molecule has 1 aliphatic carbocycles. The second-order valence-corrected chi connectivity index (χ2v) is 14.6. The number of hydrogen-bond donors (Lipinski definition) is 3. The summed E-state index contributed by atoms with van der Waals surface area (Å²) in [4.78, 5) is 18.5. The number of hydrogen-bond acceptors (Lipinski definition) is 5. The largest absolute Gasteiger partial charge is 0.471 e. The second-order valence-electron chi connectivity index (χ2n) is 12.8. The van der Waals surface area contributed by atoms with E-state index in [9.17, 15) is 9.90 Å². The van der Waals surface area contributed by atoms with Gasteiger partial charge in [0.2, 0.25) is 5.88 Å². The average molecular weight is 759 g/mol. The zero-order chi connectivity index (χ0) is 32.4. The van der Waals surface area contributed by atoms with E-state index in [0.717, 1.165) is 69.6 Å². The summed E-state index contributed by atoms with van der Waals surface area (Å²) in [5.74, 6) is 0.441. The molecule has 3 N–H and O–H groups in total. The van der Waals surface area contributed by atoms with Crippen molar-refractivity contribution in [1.29, 1.82) is 0 Å². The van der Waals surface area contributed by atoms with Gasteiger partial charge in [-0.15, -0.1) is 0 Å². The highest BCUT2D eigenvalue weighted by Gasteiger charge is 2.46. The van der Waals surface area contributed by atoms with Crippen molar-refractivity contribution < 1.29 is 14.6 Å². The first kappa shape index (κ1) is 32.1. The van der Waals surface area contributed by atoms with Gasteiger partial charge in [-0.1, -0.05) is 76.6 Å². The monoisotopic (exact) mass is 756 g/mol. The van der Waals surface area contributed by atoms with Crippen LogP contribution in [-0.2, 0) is 19.4 Å². The molecule has 3 aromatic carbocycles. The first-order valence-electron chi connectivity index (χ1n) is 16.3. The van der Waals surface area contributed by atoms with Crippen LogP contribution in [0.4, 0.5) is 0 Å². The lowest BCUT2D eigenvalue weighted by atomic mass is 9.73. The number of fused-ring (bicyclic) bond motifs is 2. The lowest BCUT2D eigenvalue weighted by Gasteiger charge is -2.47. The van der Waals surface area contributed by atoms with Gasteiger partial charge in [0.15, 0.2) is 0 Å². The average Bonchev–Trinajstić information content (AvgIpc) is 3.49. The van der Waals surface area contributed by atoms with Crippen molar-refractivity contribution in [3.05, 3.63) is 129 Å². The maximum atomic E-state index is 13.9. The van der Waals surface area contributed by atoms with E-state index in [2.05, 4.69) is 88.6 Å². The molecule has 2 aromatic heterocycles. The van der Waals surface area contributed by atoms with Gasteiger partial charge in [-0.2, -0.15) is 0 Å². The molecule has 5 aromatic rings. The van der Waals surface area contributed by atoms with Crippen molar-refractivity contribution in [3.8, 4) is 5.88 Å². The summed E-state index contributed by atoms with van der Waals surface area (Å²) in [5.41, 5.74) is 4.64. The Morgan fingerprint density at radius 1 is 1.02 bits per heavy atom. The molecule has 0 bridgehead atoms. The van der Waals surface area contributed by atoms with E-state index >= 15 is 0 Å². The van der Waals surface area contributed by atoms with Crippen LogP contribution in [0, 0.1) is 0 Å². The Kier molecular flexibility index (Phi) is 9.50. The molecule has 0 saturated heterocycles. The molecule has 47 heavy (non-hydrogen) atoms. The summed E-state index contributed by atoms with van der Waals surface area (Å²) >= 11 is 7.27. The topological polar surface area (TPSA) is 88.4 Å². The molecular formula is C38H38Br2N4O3. The Bertz CT molecular complexity index is 1860. The van der Waals surface area contributed by atoms with E-state index in [4.69, 9.17) is 4.74 Å². The van der Waals surface area contributed by atoms with Gasteiger partial charge in [-0.05, 0) is 83.4 Å². The van der Waals surface area contributed by atoms with Crippen LogP contribution in [0.2, 0.25) is 0 Å². The Balaban J connectivity index is 1.09. The number of amides is 1. The Morgan fingerprint density at radius 2 is 1.77 bits per heavy atom. The van der Waals surface area contributed by atoms with Crippen molar-refractivity contribution in [2.24, 2.45) is 0 Å². The summed E-state index contributed by atoms with van der Waals surface area (Å²) < 4.78 is 10.3. The molecule has 1 aliphatic heterocycles. The fourth-order valence-corrected chi connectivity index (χ4v) is 7.78. The van der Waals surface area contributed by atoms with Gasteiger partial charge < -0.3 is 25.0 Å². The van der Waals surface area contributed by atoms with Crippen LogP contribution < -0.4 is 15.4 Å². The third-order valence-electron chi connectivity index (χ3n) is 9.61. The van der Waals surface area contributed by atoms with Crippen molar-refractivity contribution in [1.82, 2.24) is 20.2 Å². The molecule has 7 rings (SSSR count). The van der Waals surface area contributed by atoms with Gasteiger partial charge in [-0.3, -0.25) is 4.79 Å². The number of aliphatic hydroxyl groups excluding tert-OH is 1. The Hall–Kier alpha value is -3.50. The summed E-state index contributed by atoms with van der Waals surface area (Å²) in [6.45, 7) is 1.10. The Morgan fingerprint density at radius 3 is 2.49 bits per heavy atom. The number of carbonyl (C=O) groups excluding carboxylic acids is 1. The van der Waals surface area contributed by atoms with Gasteiger partial charge in [0.1, 0.15) is 5.60 Å². The van der Waals surface area contributed by atoms with Gasteiger partial charge in [-0.25, -0.2) is 4.98 Å². The summed E-state index contributed by atoms with van der Waals surface area (Å²) in [6.07, 6.45) is 8.36. The summed E-state index contributed by atoms with van der Waals surface area (Å²) in [5, 5.41) is 19.5. The summed E-state index contributed by atoms with van der Waals surface area (Å²) in [7, 11) is 0. The van der Waals surface area contributed by atoms with E-state index in [1.807, 2.05) is 54.6 Å². The molecule has 1 amide bonds. The number of aromatic nitrogens is 2. The number of nitrogens with zero attached hydrogens (tertiary/aromatic N) is 2. The lowest BCUT2D eigenvalue weighted by Crippen LogP contribution is -2.52.